The molecule has 0 aromatic heterocycles. The van der Waals surface area contributed by atoms with Crippen LogP contribution in [-0.4, -0.2) is 83.9 Å². The van der Waals surface area contributed by atoms with E-state index in [1.807, 2.05) is 50.8 Å². The number of benzene rings is 1. The number of hydrogen-bond donors (Lipinski definition) is 2. The highest BCUT2D eigenvalue weighted by Crippen LogP contribution is 2.33. The van der Waals surface area contributed by atoms with Gasteiger partial charge in [0, 0.05) is 32.7 Å². The van der Waals surface area contributed by atoms with Gasteiger partial charge in [0.2, 0.25) is 25.0 Å². The molecule has 36 heavy (non-hydrogen) atoms. The number of piperazine rings is 1. The lowest BCUT2D eigenvalue weighted by Crippen LogP contribution is -2.59. The lowest BCUT2D eigenvalue weighted by atomic mass is 9.85. The van der Waals surface area contributed by atoms with E-state index < -0.39 is 17.4 Å². The minimum Gasteiger partial charge on any atom is -0.454 e. The van der Waals surface area contributed by atoms with Gasteiger partial charge in [-0.1, -0.05) is 46.6 Å². The summed E-state index contributed by atoms with van der Waals surface area (Å²) in [6, 6.07) is 5.24. The maximum atomic E-state index is 13.5. The molecule has 1 saturated heterocycles. The SMILES string of the molecule is CCCC[C@H](CN(O)C=O)C(=O)N[C@H](C(=O)N1CCN(Cc2ccc3c(c2)OCO3)CC1)C(C)(C)C. The highest BCUT2D eigenvalue weighted by Gasteiger charge is 2.38. The smallest absolute Gasteiger partial charge is 0.245 e. The molecule has 10 nitrogen and oxygen atoms in total. The van der Waals surface area contributed by atoms with Crippen LogP contribution in [0.2, 0.25) is 0 Å². The third-order valence-electron chi connectivity index (χ3n) is 6.73. The van der Waals surface area contributed by atoms with Gasteiger partial charge in [-0.25, -0.2) is 5.06 Å². The van der Waals surface area contributed by atoms with Crippen molar-refractivity contribution < 1.29 is 29.1 Å². The van der Waals surface area contributed by atoms with Crippen molar-refractivity contribution in [3.05, 3.63) is 23.8 Å². The Labute approximate surface area is 213 Å². The van der Waals surface area contributed by atoms with Crippen molar-refractivity contribution in [2.75, 3.05) is 39.5 Å². The number of fused-ring (bicyclic) bond motifs is 1. The van der Waals surface area contributed by atoms with Crippen molar-refractivity contribution in [2.24, 2.45) is 11.3 Å². The van der Waals surface area contributed by atoms with Gasteiger partial charge >= 0.3 is 0 Å². The summed E-state index contributed by atoms with van der Waals surface area (Å²) in [6.07, 6.45) is 2.48. The van der Waals surface area contributed by atoms with Crippen LogP contribution in [-0.2, 0) is 20.9 Å². The Kier molecular flexibility index (Phi) is 9.56. The maximum Gasteiger partial charge on any atom is 0.245 e. The number of rotatable bonds is 11. The van der Waals surface area contributed by atoms with E-state index in [4.69, 9.17) is 9.47 Å². The number of carbonyl (C=O) groups is 3. The molecule has 0 saturated carbocycles. The molecule has 0 radical (unpaired) electrons. The molecule has 200 valence electrons. The molecule has 0 bridgehead atoms. The highest BCUT2D eigenvalue weighted by atomic mass is 16.7. The molecule has 2 N–H and O–H groups in total. The molecule has 0 aliphatic carbocycles. The molecular formula is C26H40N4O6. The molecule has 2 heterocycles. The fourth-order valence-electron chi connectivity index (χ4n) is 4.54. The molecule has 0 unspecified atom stereocenters. The van der Waals surface area contributed by atoms with Gasteiger partial charge in [0.05, 0.1) is 12.5 Å². The van der Waals surface area contributed by atoms with Gasteiger partial charge in [0.25, 0.3) is 0 Å². The Balaban J connectivity index is 1.59. The lowest BCUT2D eigenvalue weighted by Gasteiger charge is -2.40. The molecule has 2 atom stereocenters. The lowest BCUT2D eigenvalue weighted by molar-refractivity contribution is -0.155. The largest absolute Gasteiger partial charge is 0.454 e. The van der Waals surface area contributed by atoms with E-state index in [2.05, 4.69) is 10.2 Å². The van der Waals surface area contributed by atoms with Crippen LogP contribution in [0.4, 0.5) is 0 Å². The van der Waals surface area contributed by atoms with Crippen molar-refractivity contribution in [1.82, 2.24) is 20.2 Å². The van der Waals surface area contributed by atoms with E-state index in [1.54, 1.807) is 0 Å². The van der Waals surface area contributed by atoms with Crippen LogP contribution in [0.3, 0.4) is 0 Å². The third-order valence-corrected chi connectivity index (χ3v) is 6.73. The summed E-state index contributed by atoms with van der Waals surface area (Å²) in [7, 11) is 0. The topological polar surface area (TPSA) is 112 Å². The molecular weight excluding hydrogens is 464 g/mol. The Morgan fingerprint density at radius 3 is 2.50 bits per heavy atom. The van der Waals surface area contributed by atoms with Crippen LogP contribution in [0.1, 0.15) is 52.5 Å². The van der Waals surface area contributed by atoms with E-state index in [1.165, 1.54) is 0 Å². The zero-order valence-corrected chi connectivity index (χ0v) is 21.9. The molecule has 2 aliphatic rings. The quantitative estimate of drug-likeness (QED) is 0.270. The van der Waals surface area contributed by atoms with Crippen molar-refractivity contribution in [3.8, 4) is 11.5 Å². The summed E-state index contributed by atoms with van der Waals surface area (Å²) in [4.78, 5) is 41.7. The Hall–Kier alpha value is -2.85. The van der Waals surface area contributed by atoms with Gasteiger partial charge in [-0.2, -0.15) is 0 Å². The second-order valence-corrected chi connectivity index (χ2v) is 10.7. The summed E-state index contributed by atoms with van der Waals surface area (Å²) in [5.74, 6) is 0.512. The molecule has 3 rings (SSSR count). The first-order valence-electron chi connectivity index (χ1n) is 12.7. The minimum absolute atomic E-state index is 0.0983. The van der Waals surface area contributed by atoms with Crippen LogP contribution in [0.25, 0.3) is 0 Å². The molecule has 1 aromatic rings. The van der Waals surface area contributed by atoms with Crippen molar-refractivity contribution in [3.63, 3.8) is 0 Å². The van der Waals surface area contributed by atoms with Crippen molar-refractivity contribution >= 4 is 18.2 Å². The molecule has 3 amide bonds. The monoisotopic (exact) mass is 504 g/mol. The van der Waals surface area contributed by atoms with E-state index >= 15 is 0 Å². The number of unbranched alkanes of at least 4 members (excludes halogenated alkanes) is 1. The van der Waals surface area contributed by atoms with Gasteiger partial charge in [-0.05, 0) is 29.5 Å². The standard InChI is InChI=1S/C26H40N4O6/c1-5-6-7-20(16-30(34)17-31)24(32)27-23(26(2,3)4)25(33)29-12-10-28(11-13-29)15-19-8-9-21-22(14-19)36-18-35-21/h8-9,14,17,20,23,34H,5-7,10-13,15-16,18H2,1-4H3,(H,27,32)/t20-,23-/m1/s1. The Morgan fingerprint density at radius 2 is 1.86 bits per heavy atom. The minimum atomic E-state index is -0.710. The number of hydroxylamine groups is 2. The van der Waals surface area contributed by atoms with Crippen LogP contribution in [0, 0.1) is 11.3 Å². The van der Waals surface area contributed by atoms with E-state index in [0.29, 0.717) is 31.0 Å². The summed E-state index contributed by atoms with van der Waals surface area (Å²) >= 11 is 0. The van der Waals surface area contributed by atoms with E-state index in [9.17, 15) is 19.6 Å². The number of hydrogen-bond acceptors (Lipinski definition) is 7. The average molecular weight is 505 g/mol. The molecule has 1 fully saturated rings. The fraction of sp³-hybridized carbons (Fsp3) is 0.654. The number of carbonyl (C=O) groups excluding carboxylic acids is 3. The second-order valence-electron chi connectivity index (χ2n) is 10.7. The summed E-state index contributed by atoms with van der Waals surface area (Å²) < 4.78 is 10.9. The maximum absolute atomic E-state index is 13.5. The zero-order chi connectivity index (χ0) is 26.3. The van der Waals surface area contributed by atoms with Gasteiger partial charge in [0.1, 0.15) is 6.04 Å². The predicted octanol–water partition coefficient (Wildman–Crippen LogP) is 2.24. The Morgan fingerprint density at radius 1 is 1.17 bits per heavy atom. The summed E-state index contributed by atoms with van der Waals surface area (Å²) in [6.45, 7) is 11.3. The van der Waals surface area contributed by atoms with Gasteiger partial charge in [-0.15, -0.1) is 0 Å². The zero-order valence-electron chi connectivity index (χ0n) is 21.9. The first-order chi connectivity index (χ1) is 17.1. The number of ether oxygens (including phenoxy) is 2. The highest BCUT2D eigenvalue weighted by molar-refractivity contribution is 5.89. The van der Waals surface area contributed by atoms with E-state index in [0.717, 1.165) is 49.5 Å². The van der Waals surface area contributed by atoms with Crippen LogP contribution in [0.5, 0.6) is 11.5 Å². The van der Waals surface area contributed by atoms with Gasteiger partial charge in [0.15, 0.2) is 11.5 Å². The summed E-state index contributed by atoms with van der Waals surface area (Å²) in [5, 5.41) is 13.1. The third kappa shape index (κ3) is 7.33. The molecule has 0 spiro atoms. The average Bonchev–Trinajstić information content (AvgIpc) is 3.32. The van der Waals surface area contributed by atoms with Crippen LogP contribution in [0.15, 0.2) is 18.2 Å². The summed E-state index contributed by atoms with van der Waals surface area (Å²) in [5.41, 5.74) is 0.625. The van der Waals surface area contributed by atoms with Crippen LogP contribution < -0.4 is 14.8 Å². The first-order valence-corrected chi connectivity index (χ1v) is 12.7. The van der Waals surface area contributed by atoms with Crippen LogP contribution >= 0.6 is 0 Å². The van der Waals surface area contributed by atoms with Gasteiger partial charge < -0.3 is 19.7 Å². The van der Waals surface area contributed by atoms with E-state index in [-0.39, 0.29) is 25.2 Å². The Bertz CT molecular complexity index is 910. The second kappa shape index (κ2) is 12.4. The van der Waals surface area contributed by atoms with Crippen molar-refractivity contribution in [2.45, 2.75) is 59.5 Å². The molecule has 1 aromatic carbocycles. The number of nitrogens with one attached hydrogen (secondary N) is 1. The van der Waals surface area contributed by atoms with Crippen molar-refractivity contribution in [1.29, 1.82) is 0 Å². The number of amides is 3. The molecule has 10 heteroatoms. The predicted molar refractivity (Wildman–Crippen MR) is 133 cm³/mol. The first kappa shape index (κ1) is 27.7. The molecule has 2 aliphatic heterocycles. The number of nitrogens with zero attached hydrogens (tertiary/aromatic N) is 3. The fourth-order valence-corrected chi connectivity index (χ4v) is 4.54. The normalized spacial score (nSPS) is 17.4. The van der Waals surface area contributed by atoms with Gasteiger partial charge in [-0.3, -0.25) is 24.5 Å².